The molecule has 0 saturated heterocycles. The number of nitrogens with zero attached hydrogens (tertiary/aromatic N) is 2. The van der Waals surface area contributed by atoms with Crippen molar-refractivity contribution in [2.75, 3.05) is 0 Å². The normalized spacial score (nSPS) is 11.7. The first-order valence-electron chi connectivity index (χ1n) is 16.6. The maximum Gasteiger partial charge on any atom is 0.160 e. The predicted octanol–water partition coefficient (Wildman–Crippen LogP) is 13.0. The van der Waals surface area contributed by atoms with Gasteiger partial charge in [0.15, 0.2) is 5.82 Å². The summed E-state index contributed by atoms with van der Waals surface area (Å²) in [5, 5.41) is 9.77. The van der Waals surface area contributed by atoms with Crippen LogP contribution in [0.3, 0.4) is 0 Å². The fourth-order valence-electron chi connectivity index (χ4n) is 7.37. The third-order valence-electron chi connectivity index (χ3n) is 9.68. The molecule has 0 aliphatic rings. The van der Waals surface area contributed by atoms with Crippen LogP contribution in [0.2, 0.25) is 0 Å². The van der Waals surface area contributed by atoms with E-state index in [2.05, 4.69) is 170 Å². The second kappa shape index (κ2) is 11.2. The Balaban J connectivity index is 1.28. The SMILES string of the molecule is c1ccc(-c2ccc(-c3nc(-c4c5ccccc5cc5c4ccc4ccccc45)cc(-c4cccc5sc6ccccc6c45)n3)cc2)cc1. The van der Waals surface area contributed by atoms with E-state index >= 15 is 0 Å². The summed E-state index contributed by atoms with van der Waals surface area (Å²) in [5.41, 5.74) is 7.43. The van der Waals surface area contributed by atoms with Gasteiger partial charge in [-0.2, -0.15) is 0 Å². The highest BCUT2D eigenvalue weighted by Crippen LogP contribution is 2.43. The van der Waals surface area contributed by atoms with E-state index in [4.69, 9.17) is 9.97 Å². The van der Waals surface area contributed by atoms with Crippen molar-refractivity contribution in [1.29, 1.82) is 0 Å². The zero-order valence-corrected chi connectivity index (χ0v) is 27.3. The van der Waals surface area contributed by atoms with Gasteiger partial charge in [0.1, 0.15) is 0 Å². The number of hydrogen-bond donors (Lipinski definition) is 0. The average molecular weight is 641 g/mol. The molecule has 0 aliphatic carbocycles. The van der Waals surface area contributed by atoms with Crippen LogP contribution in [0.4, 0.5) is 0 Å². The molecule has 0 unspecified atom stereocenters. The summed E-state index contributed by atoms with van der Waals surface area (Å²) in [6, 6.07) is 60.8. The summed E-state index contributed by atoms with van der Waals surface area (Å²) in [4.78, 5) is 10.7. The highest BCUT2D eigenvalue weighted by Gasteiger charge is 2.19. The quantitative estimate of drug-likeness (QED) is 0.141. The van der Waals surface area contributed by atoms with Crippen LogP contribution in [0.15, 0.2) is 170 Å². The topological polar surface area (TPSA) is 25.8 Å². The molecule has 228 valence electrons. The van der Waals surface area contributed by atoms with Gasteiger partial charge in [0.05, 0.1) is 11.4 Å². The van der Waals surface area contributed by atoms with E-state index in [0.717, 1.165) is 28.1 Å². The smallest absolute Gasteiger partial charge is 0.160 e. The lowest BCUT2D eigenvalue weighted by Crippen LogP contribution is -1.97. The lowest BCUT2D eigenvalue weighted by atomic mass is 9.91. The summed E-state index contributed by atoms with van der Waals surface area (Å²) >= 11 is 1.83. The van der Waals surface area contributed by atoms with Crippen molar-refractivity contribution in [2.24, 2.45) is 0 Å². The molecular formula is C46H28N2S. The Morgan fingerprint density at radius 3 is 1.88 bits per heavy atom. The molecule has 0 saturated carbocycles. The largest absolute Gasteiger partial charge is 0.228 e. The number of thiophene rings is 1. The van der Waals surface area contributed by atoms with E-state index in [1.165, 1.54) is 63.6 Å². The molecule has 0 N–H and O–H groups in total. The van der Waals surface area contributed by atoms with Crippen molar-refractivity contribution >= 4 is 63.8 Å². The van der Waals surface area contributed by atoms with E-state index in [1.54, 1.807) is 0 Å². The van der Waals surface area contributed by atoms with E-state index < -0.39 is 0 Å². The first-order valence-corrected chi connectivity index (χ1v) is 17.4. The van der Waals surface area contributed by atoms with Gasteiger partial charge >= 0.3 is 0 Å². The maximum atomic E-state index is 5.40. The summed E-state index contributed by atoms with van der Waals surface area (Å²) in [5.74, 6) is 0.713. The monoisotopic (exact) mass is 640 g/mol. The van der Waals surface area contributed by atoms with Gasteiger partial charge in [-0.25, -0.2) is 9.97 Å². The zero-order valence-electron chi connectivity index (χ0n) is 26.5. The third kappa shape index (κ3) is 4.62. The zero-order chi connectivity index (χ0) is 32.3. The predicted molar refractivity (Wildman–Crippen MR) is 209 cm³/mol. The van der Waals surface area contributed by atoms with Crippen molar-refractivity contribution < 1.29 is 0 Å². The average Bonchev–Trinajstić information content (AvgIpc) is 3.56. The van der Waals surface area contributed by atoms with Crippen LogP contribution in [-0.2, 0) is 0 Å². The maximum absolute atomic E-state index is 5.40. The van der Waals surface area contributed by atoms with E-state index in [-0.39, 0.29) is 0 Å². The molecule has 0 fully saturated rings. The Morgan fingerprint density at radius 1 is 0.367 bits per heavy atom. The molecule has 0 aliphatic heterocycles. The number of rotatable bonds is 4. The summed E-state index contributed by atoms with van der Waals surface area (Å²) in [6.45, 7) is 0. The Hall–Kier alpha value is -6.16. The lowest BCUT2D eigenvalue weighted by Gasteiger charge is -2.16. The molecular weight excluding hydrogens is 613 g/mol. The van der Waals surface area contributed by atoms with Gasteiger partial charge in [-0.05, 0) is 67.7 Å². The molecule has 2 aromatic heterocycles. The first-order chi connectivity index (χ1) is 24.3. The molecule has 0 amide bonds. The number of benzene rings is 8. The Kier molecular flexibility index (Phi) is 6.39. The number of aromatic nitrogens is 2. The third-order valence-corrected chi connectivity index (χ3v) is 10.8. The molecule has 2 nitrogen and oxygen atoms in total. The summed E-state index contributed by atoms with van der Waals surface area (Å²) in [6.07, 6.45) is 0. The second-order valence-corrected chi connectivity index (χ2v) is 13.6. The summed E-state index contributed by atoms with van der Waals surface area (Å²) < 4.78 is 2.54. The minimum atomic E-state index is 0.713. The first kappa shape index (κ1) is 27.9. The van der Waals surface area contributed by atoms with Crippen LogP contribution in [0.25, 0.3) is 97.5 Å². The van der Waals surface area contributed by atoms with Crippen LogP contribution in [0.5, 0.6) is 0 Å². The van der Waals surface area contributed by atoms with Crippen molar-refractivity contribution in [3.05, 3.63) is 170 Å². The van der Waals surface area contributed by atoms with Crippen LogP contribution in [-0.4, -0.2) is 9.97 Å². The lowest BCUT2D eigenvalue weighted by molar-refractivity contribution is 1.19. The van der Waals surface area contributed by atoms with Crippen molar-refractivity contribution in [1.82, 2.24) is 9.97 Å². The van der Waals surface area contributed by atoms with Gasteiger partial charge < -0.3 is 0 Å². The second-order valence-electron chi connectivity index (χ2n) is 12.5. The van der Waals surface area contributed by atoms with Gasteiger partial charge in [-0.1, -0.05) is 146 Å². The highest BCUT2D eigenvalue weighted by atomic mass is 32.1. The minimum absolute atomic E-state index is 0.713. The number of hydrogen-bond acceptors (Lipinski definition) is 3. The van der Waals surface area contributed by atoms with Crippen molar-refractivity contribution in [2.45, 2.75) is 0 Å². The van der Waals surface area contributed by atoms with Gasteiger partial charge in [0.2, 0.25) is 0 Å². The molecule has 10 aromatic rings. The van der Waals surface area contributed by atoms with Gasteiger partial charge in [0.25, 0.3) is 0 Å². The van der Waals surface area contributed by atoms with Crippen molar-refractivity contribution in [3.8, 4) is 45.0 Å². The van der Waals surface area contributed by atoms with E-state index in [1.807, 2.05) is 11.3 Å². The Bertz CT molecular complexity index is 2870. The molecule has 0 bridgehead atoms. The molecule has 0 spiro atoms. The van der Waals surface area contributed by atoms with Crippen LogP contribution >= 0.6 is 11.3 Å². The van der Waals surface area contributed by atoms with Crippen LogP contribution in [0, 0.1) is 0 Å². The molecule has 2 heterocycles. The molecule has 8 aromatic carbocycles. The van der Waals surface area contributed by atoms with Crippen LogP contribution < -0.4 is 0 Å². The molecule has 3 heteroatoms. The van der Waals surface area contributed by atoms with Crippen molar-refractivity contribution in [3.63, 3.8) is 0 Å². The molecule has 0 atom stereocenters. The minimum Gasteiger partial charge on any atom is -0.228 e. The number of fused-ring (bicyclic) bond motifs is 7. The Labute approximate surface area is 287 Å². The van der Waals surface area contributed by atoms with Gasteiger partial charge in [0, 0.05) is 36.9 Å². The van der Waals surface area contributed by atoms with E-state index in [0.29, 0.717) is 5.82 Å². The molecule has 10 rings (SSSR count). The fourth-order valence-corrected chi connectivity index (χ4v) is 8.50. The van der Waals surface area contributed by atoms with E-state index in [9.17, 15) is 0 Å². The summed E-state index contributed by atoms with van der Waals surface area (Å²) in [7, 11) is 0. The molecule has 0 radical (unpaired) electrons. The fraction of sp³-hybridized carbons (Fsp3) is 0. The van der Waals surface area contributed by atoms with Crippen LogP contribution in [0.1, 0.15) is 0 Å². The van der Waals surface area contributed by atoms with Gasteiger partial charge in [-0.3, -0.25) is 0 Å². The molecule has 49 heavy (non-hydrogen) atoms. The Morgan fingerprint density at radius 2 is 1.02 bits per heavy atom. The van der Waals surface area contributed by atoms with Gasteiger partial charge in [-0.15, -0.1) is 11.3 Å². The standard InChI is InChI=1S/C46H28N2S/c1-2-11-29(12-3-1)30-21-23-32(24-22-30)46-47-40(37-18-10-20-43-45(37)38-17-8-9-19-42(38)49-43)28-41(48-46)44-35-16-7-5-14-33(35)27-39-34-15-6-4-13-31(34)25-26-36(39)44/h1-28H. The highest BCUT2D eigenvalue weighted by molar-refractivity contribution is 7.25.